The summed E-state index contributed by atoms with van der Waals surface area (Å²) in [4.78, 5) is 13.5. The first-order valence-electron chi connectivity index (χ1n) is 5.07. The van der Waals surface area contributed by atoms with Crippen molar-refractivity contribution in [2.24, 2.45) is 0 Å². The first-order valence-corrected chi connectivity index (χ1v) is 6.56. The van der Waals surface area contributed by atoms with Crippen molar-refractivity contribution in [3.63, 3.8) is 0 Å². The van der Waals surface area contributed by atoms with Gasteiger partial charge in [-0.25, -0.2) is 0 Å². The zero-order chi connectivity index (χ0) is 10.2. The van der Waals surface area contributed by atoms with Crippen LogP contribution in [0.15, 0.2) is 0 Å². The van der Waals surface area contributed by atoms with Gasteiger partial charge in [-0.3, -0.25) is 14.3 Å². The van der Waals surface area contributed by atoms with E-state index in [-0.39, 0.29) is 11.4 Å². The van der Waals surface area contributed by atoms with Crippen molar-refractivity contribution < 1.29 is 9.00 Å². The van der Waals surface area contributed by atoms with Gasteiger partial charge in [0.25, 0.3) is 0 Å². The van der Waals surface area contributed by atoms with E-state index in [4.69, 9.17) is 0 Å². The van der Waals surface area contributed by atoms with Gasteiger partial charge in [-0.2, -0.15) is 0 Å². The maximum Gasteiger partial charge on any atom is 0.243 e. The molecule has 0 aromatic rings. The molecule has 80 valence electrons. The fourth-order valence-corrected chi connectivity index (χ4v) is 2.46. The molecule has 5 heteroatoms. The smallest absolute Gasteiger partial charge is 0.243 e. The van der Waals surface area contributed by atoms with E-state index in [0.29, 0.717) is 24.7 Å². The van der Waals surface area contributed by atoms with Crippen LogP contribution in [-0.2, 0) is 15.6 Å². The molecule has 1 unspecified atom stereocenters. The van der Waals surface area contributed by atoms with E-state index in [1.807, 2.05) is 6.92 Å². The standard InChI is InChI=1S/C9H16N2O2S/c1-2-14(13)6-5-11-7-10-9(3-4-9)8(11)12/h10H,2-7H2,1H3. The van der Waals surface area contributed by atoms with Gasteiger partial charge in [0.05, 0.1) is 12.2 Å². The average molecular weight is 216 g/mol. The summed E-state index contributed by atoms with van der Waals surface area (Å²) in [5, 5.41) is 3.23. The summed E-state index contributed by atoms with van der Waals surface area (Å²) in [6, 6.07) is 0. The van der Waals surface area contributed by atoms with Crippen LogP contribution >= 0.6 is 0 Å². The number of nitrogens with zero attached hydrogens (tertiary/aromatic N) is 1. The van der Waals surface area contributed by atoms with Crippen LogP contribution in [0.3, 0.4) is 0 Å². The number of rotatable bonds is 4. The Morgan fingerprint density at radius 1 is 1.57 bits per heavy atom. The van der Waals surface area contributed by atoms with Crippen molar-refractivity contribution in [1.82, 2.24) is 10.2 Å². The summed E-state index contributed by atoms with van der Waals surface area (Å²) in [5.41, 5.74) is -0.201. The number of hydrogen-bond donors (Lipinski definition) is 1. The van der Waals surface area contributed by atoms with E-state index in [2.05, 4.69) is 5.32 Å². The van der Waals surface area contributed by atoms with Crippen molar-refractivity contribution in [1.29, 1.82) is 0 Å². The topological polar surface area (TPSA) is 49.4 Å². The molecule has 1 heterocycles. The summed E-state index contributed by atoms with van der Waals surface area (Å²) in [5.74, 6) is 1.51. The van der Waals surface area contributed by atoms with E-state index in [9.17, 15) is 9.00 Å². The molecule has 4 nitrogen and oxygen atoms in total. The molecular formula is C9H16N2O2S. The van der Waals surface area contributed by atoms with Gasteiger partial charge in [0, 0.05) is 28.9 Å². The van der Waals surface area contributed by atoms with Gasteiger partial charge in [-0.05, 0) is 12.8 Å². The average Bonchev–Trinajstić information content (AvgIpc) is 2.91. The SMILES string of the molecule is CCS(=O)CCN1CNC2(CC2)C1=O. The van der Waals surface area contributed by atoms with Crippen LogP contribution in [0, 0.1) is 0 Å². The number of amides is 1. The van der Waals surface area contributed by atoms with Crippen LogP contribution in [0.2, 0.25) is 0 Å². The molecule has 2 fully saturated rings. The van der Waals surface area contributed by atoms with Gasteiger partial charge in [-0.15, -0.1) is 0 Å². The summed E-state index contributed by atoms with van der Waals surface area (Å²) >= 11 is 0. The van der Waals surface area contributed by atoms with Crippen molar-refractivity contribution in [2.75, 3.05) is 24.7 Å². The summed E-state index contributed by atoms with van der Waals surface area (Å²) in [6.45, 7) is 3.18. The number of carbonyl (C=O) groups is 1. The second-order valence-electron chi connectivity index (χ2n) is 3.92. The molecule has 2 aliphatic rings. The second kappa shape index (κ2) is 3.62. The molecular weight excluding hydrogens is 200 g/mol. The molecule has 1 saturated carbocycles. The zero-order valence-corrected chi connectivity index (χ0v) is 9.23. The van der Waals surface area contributed by atoms with E-state index in [1.165, 1.54) is 0 Å². The van der Waals surface area contributed by atoms with E-state index in [1.54, 1.807) is 4.90 Å². The van der Waals surface area contributed by atoms with Crippen molar-refractivity contribution >= 4 is 16.7 Å². The van der Waals surface area contributed by atoms with Crippen LogP contribution in [0.25, 0.3) is 0 Å². The third-order valence-electron chi connectivity index (χ3n) is 2.97. The van der Waals surface area contributed by atoms with E-state index in [0.717, 1.165) is 12.8 Å². The normalized spacial score (nSPS) is 25.8. The zero-order valence-electron chi connectivity index (χ0n) is 8.41. The molecule has 0 radical (unpaired) electrons. The van der Waals surface area contributed by atoms with Gasteiger partial charge in [-0.1, -0.05) is 6.92 Å². The first kappa shape index (κ1) is 10.1. The van der Waals surface area contributed by atoms with Crippen LogP contribution in [0.1, 0.15) is 19.8 Å². The van der Waals surface area contributed by atoms with Crippen molar-refractivity contribution in [3.8, 4) is 0 Å². The van der Waals surface area contributed by atoms with Crippen LogP contribution in [0.5, 0.6) is 0 Å². The van der Waals surface area contributed by atoms with Crippen LogP contribution in [-0.4, -0.2) is 45.3 Å². The maximum absolute atomic E-state index is 11.8. The second-order valence-corrected chi connectivity index (χ2v) is 5.78. The maximum atomic E-state index is 11.8. The third kappa shape index (κ3) is 1.70. The Morgan fingerprint density at radius 3 is 2.79 bits per heavy atom. The minimum absolute atomic E-state index is 0.201. The van der Waals surface area contributed by atoms with E-state index < -0.39 is 10.8 Å². The first-order chi connectivity index (χ1) is 6.68. The molecule has 1 spiro atoms. The highest BCUT2D eigenvalue weighted by molar-refractivity contribution is 7.84. The monoisotopic (exact) mass is 216 g/mol. The van der Waals surface area contributed by atoms with Gasteiger partial charge in [0.15, 0.2) is 0 Å². The fourth-order valence-electron chi connectivity index (χ4n) is 1.75. The van der Waals surface area contributed by atoms with Gasteiger partial charge < -0.3 is 4.90 Å². The van der Waals surface area contributed by atoms with Crippen molar-refractivity contribution in [2.45, 2.75) is 25.3 Å². The fraction of sp³-hybridized carbons (Fsp3) is 0.889. The Morgan fingerprint density at radius 2 is 2.29 bits per heavy atom. The highest BCUT2D eigenvalue weighted by atomic mass is 32.2. The molecule has 14 heavy (non-hydrogen) atoms. The lowest BCUT2D eigenvalue weighted by molar-refractivity contribution is -0.129. The van der Waals surface area contributed by atoms with Crippen LogP contribution in [0.4, 0.5) is 0 Å². The third-order valence-corrected chi connectivity index (χ3v) is 4.25. The molecule has 2 rings (SSSR count). The summed E-state index contributed by atoms with van der Waals surface area (Å²) in [7, 11) is -0.764. The lowest BCUT2D eigenvalue weighted by Gasteiger charge is -2.14. The lowest BCUT2D eigenvalue weighted by Crippen LogP contribution is -2.34. The minimum atomic E-state index is -0.764. The molecule has 0 bridgehead atoms. The van der Waals surface area contributed by atoms with E-state index >= 15 is 0 Å². The largest absolute Gasteiger partial charge is 0.327 e. The Hall–Kier alpha value is -0.420. The Kier molecular flexibility index (Phi) is 2.62. The number of nitrogens with one attached hydrogen (secondary N) is 1. The minimum Gasteiger partial charge on any atom is -0.327 e. The Balaban J connectivity index is 1.82. The summed E-state index contributed by atoms with van der Waals surface area (Å²) in [6.07, 6.45) is 1.94. The molecule has 1 N–H and O–H groups in total. The highest BCUT2D eigenvalue weighted by Crippen LogP contribution is 2.39. The lowest BCUT2D eigenvalue weighted by atomic mass is 10.3. The van der Waals surface area contributed by atoms with Gasteiger partial charge in [0.1, 0.15) is 0 Å². The Bertz CT molecular complexity index is 276. The molecule has 1 aliphatic heterocycles. The van der Waals surface area contributed by atoms with Gasteiger partial charge >= 0.3 is 0 Å². The number of carbonyl (C=O) groups excluding carboxylic acids is 1. The van der Waals surface area contributed by atoms with Crippen molar-refractivity contribution in [3.05, 3.63) is 0 Å². The molecule has 1 amide bonds. The molecule has 1 atom stereocenters. The highest BCUT2D eigenvalue weighted by Gasteiger charge is 2.55. The Labute approximate surface area is 86.5 Å². The predicted molar refractivity (Wildman–Crippen MR) is 55.2 cm³/mol. The molecule has 0 aromatic heterocycles. The predicted octanol–water partition coefficient (Wildman–Crippen LogP) is -0.323. The quantitative estimate of drug-likeness (QED) is 0.700. The molecule has 1 aliphatic carbocycles. The molecule has 1 saturated heterocycles. The van der Waals surface area contributed by atoms with Gasteiger partial charge in [0.2, 0.25) is 5.91 Å². The molecule has 0 aromatic carbocycles. The summed E-state index contributed by atoms with van der Waals surface area (Å²) < 4.78 is 11.2. The number of hydrogen-bond acceptors (Lipinski definition) is 3. The van der Waals surface area contributed by atoms with Crippen LogP contribution < -0.4 is 5.32 Å².